The molecule has 1 saturated heterocycles. The normalized spacial score (nSPS) is 21.0. The topological polar surface area (TPSA) is 56.3 Å². The number of nitrogens with zero attached hydrogens (tertiary/aromatic N) is 4. The maximum absolute atomic E-state index is 5.56. The second-order valence-electron chi connectivity index (χ2n) is 6.84. The third kappa shape index (κ3) is 4.79. The number of anilines is 1. The van der Waals surface area contributed by atoms with Crippen molar-refractivity contribution in [1.82, 2.24) is 14.8 Å². The standard InChI is InChI=1S/C18H28N4O2S/c1-4-23-8-9-25-18-20-19-17(21-11-14(2)10-15(3)12-21)22(18)13-16-6-5-7-24-16/h5-7,14-15H,4,8-13H2,1-3H3. The lowest BCUT2D eigenvalue weighted by Gasteiger charge is -2.35. The summed E-state index contributed by atoms with van der Waals surface area (Å²) in [5.74, 6) is 4.09. The van der Waals surface area contributed by atoms with Crippen LogP contribution in [0.3, 0.4) is 0 Å². The van der Waals surface area contributed by atoms with E-state index in [1.807, 2.05) is 19.1 Å². The third-order valence-electron chi connectivity index (χ3n) is 4.41. The number of rotatable bonds is 8. The Bertz CT molecular complexity index is 634. The van der Waals surface area contributed by atoms with Crippen LogP contribution in [0.2, 0.25) is 0 Å². The summed E-state index contributed by atoms with van der Waals surface area (Å²) in [5.41, 5.74) is 0. The molecule has 7 heteroatoms. The first-order chi connectivity index (χ1) is 12.2. The van der Waals surface area contributed by atoms with Crippen molar-refractivity contribution in [1.29, 1.82) is 0 Å². The highest BCUT2D eigenvalue weighted by molar-refractivity contribution is 7.99. The predicted molar refractivity (Wildman–Crippen MR) is 100 cm³/mol. The number of ether oxygens (including phenoxy) is 1. The van der Waals surface area contributed by atoms with Crippen LogP contribution in [0.25, 0.3) is 0 Å². The molecule has 1 aliphatic rings. The molecule has 0 saturated carbocycles. The molecule has 2 atom stereocenters. The second-order valence-corrected chi connectivity index (χ2v) is 7.91. The summed E-state index contributed by atoms with van der Waals surface area (Å²) in [6.07, 6.45) is 2.99. The zero-order valence-electron chi connectivity index (χ0n) is 15.4. The molecular weight excluding hydrogens is 336 g/mol. The quantitative estimate of drug-likeness (QED) is 0.528. The molecule has 3 rings (SSSR count). The highest BCUT2D eigenvalue weighted by Gasteiger charge is 2.27. The molecule has 0 aromatic carbocycles. The Hall–Kier alpha value is -1.47. The molecule has 1 fully saturated rings. The number of hydrogen-bond donors (Lipinski definition) is 0. The van der Waals surface area contributed by atoms with Crippen molar-refractivity contribution in [2.24, 2.45) is 11.8 Å². The minimum Gasteiger partial charge on any atom is -0.467 e. The smallest absolute Gasteiger partial charge is 0.228 e. The SMILES string of the molecule is CCOCCSc1nnc(N2CC(C)CC(C)C2)n1Cc1ccco1. The van der Waals surface area contributed by atoms with Gasteiger partial charge in [0.2, 0.25) is 5.95 Å². The van der Waals surface area contributed by atoms with E-state index in [1.165, 1.54) is 6.42 Å². The van der Waals surface area contributed by atoms with Gasteiger partial charge in [0.25, 0.3) is 0 Å². The Morgan fingerprint density at radius 1 is 1.28 bits per heavy atom. The molecule has 0 aliphatic carbocycles. The van der Waals surface area contributed by atoms with Crippen molar-refractivity contribution in [3.63, 3.8) is 0 Å². The van der Waals surface area contributed by atoms with Crippen molar-refractivity contribution in [3.05, 3.63) is 24.2 Å². The molecule has 1 aliphatic heterocycles. The summed E-state index contributed by atoms with van der Waals surface area (Å²) in [7, 11) is 0. The summed E-state index contributed by atoms with van der Waals surface area (Å²) in [5, 5.41) is 9.91. The van der Waals surface area contributed by atoms with Gasteiger partial charge in [0, 0.05) is 25.4 Å². The molecule has 0 bridgehead atoms. The van der Waals surface area contributed by atoms with Gasteiger partial charge in [-0.3, -0.25) is 4.57 Å². The van der Waals surface area contributed by atoms with Gasteiger partial charge in [-0.05, 0) is 37.3 Å². The minimum absolute atomic E-state index is 0.658. The van der Waals surface area contributed by atoms with Crippen LogP contribution in [-0.2, 0) is 11.3 Å². The maximum Gasteiger partial charge on any atom is 0.228 e. The van der Waals surface area contributed by atoms with Gasteiger partial charge >= 0.3 is 0 Å². The van der Waals surface area contributed by atoms with Crippen molar-refractivity contribution < 1.29 is 9.15 Å². The minimum atomic E-state index is 0.658. The van der Waals surface area contributed by atoms with E-state index < -0.39 is 0 Å². The molecule has 0 radical (unpaired) electrons. The summed E-state index contributed by atoms with van der Waals surface area (Å²) in [6.45, 7) is 10.8. The zero-order chi connectivity index (χ0) is 17.6. The average Bonchev–Trinajstić information content (AvgIpc) is 3.21. The average molecular weight is 365 g/mol. The molecule has 0 amide bonds. The van der Waals surface area contributed by atoms with Crippen LogP contribution in [0.5, 0.6) is 0 Å². The largest absolute Gasteiger partial charge is 0.467 e. The fourth-order valence-electron chi connectivity index (χ4n) is 3.48. The molecular formula is C18H28N4O2S. The van der Waals surface area contributed by atoms with Gasteiger partial charge in [0.15, 0.2) is 5.16 Å². The second kappa shape index (κ2) is 8.76. The van der Waals surface area contributed by atoms with Gasteiger partial charge < -0.3 is 14.1 Å². The first-order valence-electron chi connectivity index (χ1n) is 9.08. The number of aromatic nitrogens is 3. The molecule has 3 heterocycles. The van der Waals surface area contributed by atoms with Gasteiger partial charge in [0.05, 0.1) is 19.4 Å². The molecule has 25 heavy (non-hydrogen) atoms. The molecule has 6 nitrogen and oxygen atoms in total. The van der Waals surface area contributed by atoms with Crippen LogP contribution < -0.4 is 4.90 Å². The summed E-state index contributed by atoms with van der Waals surface area (Å²) in [4.78, 5) is 2.38. The van der Waals surface area contributed by atoms with E-state index in [9.17, 15) is 0 Å². The maximum atomic E-state index is 5.56. The highest BCUT2D eigenvalue weighted by atomic mass is 32.2. The van der Waals surface area contributed by atoms with E-state index in [0.717, 1.165) is 48.9 Å². The molecule has 2 aromatic heterocycles. The lowest BCUT2D eigenvalue weighted by Crippen LogP contribution is -2.40. The molecule has 2 unspecified atom stereocenters. The van der Waals surface area contributed by atoms with E-state index in [1.54, 1.807) is 18.0 Å². The van der Waals surface area contributed by atoms with Crippen LogP contribution >= 0.6 is 11.8 Å². The van der Waals surface area contributed by atoms with Crippen LogP contribution in [0.15, 0.2) is 28.0 Å². The van der Waals surface area contributed by atoms with E-state index in [2.05, 4.69) is 33.5 Å². The molecule has 2 aromatic rings. The number of furan rings is 1. The number of piperidine rings is 1. The van der Waals surface area contributed by atoms with Gasteiger partial charge in [-0.1, -0.05) is 25.6 Å². The Morgan fingerprint density at radius 3 is 2.76 bits per heavy atom. The zero-order valence-corrected chi connectivity index (χ0v) is 16.2. The Morgan fingerprint density at radius 2 is 2.08 bits per heavy atom. The van der Waals surface area contributed by atoms with Gasteiger partial charge in [-0.15, -0.1) is 10.2 Å². The van der Waals surface area contributed by atoms with Crippen molar-refractivity contribution in [2.75, 3.05) is 37.0 Å². The number of thioether (sulfide) groups is 1. The molecule has 138 valence electrons. The van der Waals surface area contributed by atoms with E-state index in [0.29, 0.717) is 18.4 Å². The predicted octanol–water partition coefficient (Wildman–Crippen LogP) is 3.53. The van der Waals surface area contributed by atoms with Gasteiger partial charge in [0.1, 0.15) is 5.76 Å². The monoisotopic (exact) mass is 364 g/mol. The van der Waals surface area contributed by atoms with Gasteiger partial charge in [-0.2, -0.15) is 0 Å². The van der Waals surface area contributed by atoms with Crippen LogP contribution in [0.4, 0.5) is 5.95 Å². The number of hydrogen-bond acceptors (Lipinski definition) is 6. The van der Waals surface area contributed by atoms with Gasteiger partial charge in [-0.25, -0.2) is 0 Å². The molecule has 0 N–H and O–H groups in total. The van der Waals surface area contributed by atoms with Crippen LogP contribution in [-0.4, -0.2) is 46.8 Å². The highest BCUT2D eigenvalue weighted by Crippen LogP contribution is 2.28. The van der Waals surface area contributed by atoms with Crippen molar-refractivity contribution in [3.8, 4) is 0 Å². The van der Waals surface area contributed by atoms with E-state index in [-0.39, 0.29) is 0 Å². The first kappa shape index (κ1) is 18.3. The van der Waals surface area contributed by atoms with Crippen molar-refractivity contribution in [2.45, 2.75) is 38.9 Å². The lowest BCUT2D eigenvalue weighted by atomic mass is 9.92. The first-order valence-corrected chi connectivity index (χ1v) is 10.1. The van der Waals surface area contributed by atoms with Crippen LogP contribution in [0, 0.1) is 11.8 Å². The Labute approximate surface area is 153 Å². The Kier molecular flexibility index (Phi) is 6.42. The summed E-state index contributed by atoms with van der Waals surface area (Å²) in [6, 6.07) is 3.92. The Balaban J connectivity index is 1.79. The van der Waals surface area contributed by atoms with Crippen LogP contribution in [0.1, 0.15) is 33.0 Å². The third-order valence-corrected chi connectivity index (χ3v) is 5.34. The molecule has 0 spiro atoms. The summed E-state index contributed by atoms with van der Waals surface area (Å²) >= 11 is 1.69. The fraction of sp³-hybridized carbons (Fsp3) is 0.667. The van der Waals surface area contributed by atoms with E-state index in [4.69, 9.17) is 9.15 Å². The lowest BCUT2D eigenvalue weighted by molar-refractivity contribution is 0.164. The van der Waals surface area contributed by atoms with E-state index >= 15 is 0 Å². The summed E-state index contributed by atoms with van der Waals surface area (Å²) < 4.78 is 13.2. The fourth-order valence-corrected chi connectivity index (χ4v) is 4.27. The van der Waals surface area contributed by atoms with Crippen molar-refractivity contribution >= 4 is 17.7 Å².